The number of rotatable bonds is 4. The zero-order chi connectivity index (χ0) is 10.7. The second-order valence-corrected chi connectivity index (χ2v) is 5.68. The van der Waals surface area contributed by atoms with Crippen molar-refractivity contribution in [2.45, 2.75) is 16.4 Å². The van der Waals surface area contributed by atoms with Gasteiger partial charge in [0.05, 0.1) is 6.61 Å². The number of ether oxygens (including phenoxy) is 2. The Hall–Kier alpha value is 0.350. The van der Waals surface area contributed by atoms with E-state index in [-0.39, 0.29) is 0 Å². The molecule has 3 nitrogen and oxygen atoms in total. The Morgan fingerprint density at radius 2 is 2.40 bits per heavy atom. The first-order valence-electron chi connectivity index (χ1n) is 5.43. The number of alkyl halides is 1. The fraction of sp³-hybridized carbons (Fsp3) is 0.818. The van der Waals surface area contributed by atoms with Gasteiger partial charge in [-0.25, -0.2) is 0 Å². The van der Waals surface area contributed by atoms with E-state index >= 15 is 0 Å². The van der Waals surface area contributed by atoms with Crippen molar-refractivity contribution in [1.82, 2.24) is 5.32 Å². The molecule has 1 saturated heterocycles. The summed E-state index contributed by atoms with van der Waals surface area (Å²) in [6.07, 6.45) is 5.87. The second-order valence-electron chi connectivity index (χ2n) is 4.24. The van der Waals surface area contributed by atoms with E-state index < -0.39 is 0 Å². The van der Waals surface area contributed by atoms with Gasteiger partial charge in [0, 0.05) is 17.1 Å². The van der Waals surface area contributed by atoms with Gasteiger partial charge < -0.3 is 14.8 Å². The Balaban J connectivity index is 1.88. The van der Waals surface area contributed by atoms with Crippen molar-refractivity contribution in [2.24, 2.45) is 11.8 Å². The van der Waals surface area contributed by atoms with Gasteiger partial charge in [0.25, 0.3) is 0 Å². The Labute approximate surface area is 105 Å². The largest absolute Gasteiger partial charge is 0.359 e. The molecule has 4 atom stereocenters. The molecular weight excluding hydrogens is 305 g/mol. The highest BCUT2D eigenvalue weighted by molar-refractivity contribution is 14.1. The summed E-state index contributed by atoms with van der Waals surface area (Å²) < 4.78 is 11.0. The molecule has 0 bridgehead atoms. The summed E-state index contributed by atoms with van der Waals surface area (Å²) in [5, 5.41) is 3.56. The molecule has 1 aliphatic carbocycles. The standard InChI is InChI=1S/C11H18INO2/c1-14-7-15-6-10-11-8(5-13-10)3-2-4-9(11)12/h2,4,8-11,13H,3,5-7H2,1H3/t8?,9-,10-,11?/m1/s1. The van der Waals surface area contributed by atoms with E-state index in [1.807, 2.05) is 0 Å². The van der Waals surface area contributed by atoms with Gasteiger partial charge in [-0.05, 0) is 24.8 Å². The summed E-state index contributed by atoms with van der Waals surface area (Å²) in [7, 11) is 1.66. The van der Waals surface area contributed by atoms with Crippen LogP contribution in [0.4, 0.5) is 0 Å². The van der Waals surface area contributed by atoms with Gasteiger partial charge in [0.15, 0.2) is 0 Å². The molecule has 0 radical (unpaired) electrons. The molecule has 86 valence electrons. The number of methoxy groups -OCH3 is 1. The minimum absolute atomic E-state index is 0.400. The van der Waals surface area contributed by atoms with E-state index in [4.69, 9.17) is 9.47 Å². The smallest absolute Gasteiger partial charge is 0.146 e. The first-order valence-corrected chi connectivity index (χ1v) is 6.68. The fourth-order valence-corrected chi connectivity index (χ4v) is 3.95. The van der Waals surface area contributed by atoms with Crippen LogP contribution in [0.3, 0.4) is 0 Å². The third-order valence-corrected chi connectivity index (χ3v) is 4.52. The van der Waals surface area contributed by atoms with Crippen LogP contribution in [0.25, 0.3) is 0 Å². The Bertz CT molecular complexity index is 235. The zero-order valence-corrected chi connectivity index (χ0v) is 11.1. The predicted octanol–water partition coefficient (Wildman–Crippen LogP) is 1.57. The van der Waals surface area contributed by atoms with Crippen LogP contribution in [0.15, 0.2) is 12.2 Å². The lowest BCUT2D eigenvalue weighted by Gasteiger charge is -2.29. The van der Waals surface area contributed by atoms with Crippen molar-refractivity contribution in [3.63, 3.8) is 0 Å². The second kappa shape index (κ2) is 5.61. The van der Waals surface area contributed by atoms with Crippen molar-refractivity contribution in [3.8, 4) is 0 Å². The highest BCUT2D eigenvalue weighted by Gasteiger charge is 2.40. The molecule has 2 rings (SSSR count). The maximum Gasteiger partial charge on any atom is 0.146 e. The van der Waals surface area contributed by atoms with E-state index in [1.165, 1.54) is 6.42 Å². The van der Waals surface area contributed by atoms with Crippen molar-refractivity contribution in [1.29, 1.82) is 0 Å². The molecule has 0 aromatic heterocycles. The SMILES string of the molecule is COCOC[C@H]1NCC2CC=C[C@@H](I)C21. The van der Waals surface area contributed by atoms with E-state index in [0.717, 1.165) is 25.0 Å². The molecule has 2 aliphatic rings. The number of halogens is 1. The molecule has 0 saturated carbocycles. The molecule has 1 N–H and O–H groups in total. The normalized spacial score (nSPS) is 39.3. The van der Waals surface area contributed by atoms with Crippen molar-refractivity contribution in [3.05, 3.63) is 12.2 Å². The van der Waals surface area contributed by atoms with Crippen LogP contribution >= 0.6 is 22.6 Å². The van der Waals surface area contributed by atoms with E-state index in [2.05, 4.69) is 40.1 Å². The molecule has 1 heterocycles. The van der Waals surface area contributed by atoms with Crippen LogP contribution < -0.4 is 5.32 Å². The van der Waals surface area contributed by atoms with Crippen LogP contribution in [0.1, 0.15) is 6.42 Å². The van der Waals surface area contributed by atoms with Gasteiger partial charge in [-0.3, -0.25) is 0 Å². The van der Waals surface area contributed by atoms with Gasteiger partial charge in [-0.2, -0.15) is 0 Å². The Morgan fingerprint density at radius 3 is 3.20 bits per heavy atom. The first-order chi connectivity index (χ1) is 7.33. The van der Waals surface area contributed by atoms with Crippen LogP contribution in [0, 0.1) is 11.8 Å². The van der Waals surface area contributed by atoms with Crippen LogP contribution in [-0.2, 0) is 9.47 Å². The molecule has 0 aromatic carbocycles. The van der Waals surface area contributed by atoms with Crippen molar-refractivity contribution in [2.75, 3.05) is 27.1 Å². The number of allylic oxidation sites excluding steroid dienone is 2. The highest BCUT2D eigenvalue weighted by atomic mass is 127. The maximum absolute atomic E-state index is 5.45. The summed E-state index contributed by atoms with van der Waals surface area (Å²) in [6, 6.07) is 0.497. The van der Waals surface area contributed by atoms with Gasteiger partial charge in [0.2, 0.25) is 0 Å². The van der Waals surface area contributed by atoms with Crippen molar-refractivity contribution >= 4 is 22.6 Å². The Kier molecular flexibility index (Phi) is 4.42. The molecule has 0 aromatic rings. The third-order valence-electron chi connectivity index (χ3n) is 3.28. The average Bonchev–Trinajstić information content (AvgIpc) is 2.63. The number of nitrogens with one attached hydrogen (secondary N) is 1. The lowest BCUT2D eigenvalue weighted by atomic mass is 9.82. The molecule has 2 unspecified atom stereocenters. The van der Waals surface area contributed by atoms with Gasteiger partial charge in [-0.1, -0.05) is 34.7 Å². The quantitative estimate of drug-likeness (QED) is 0.280. The number of hydrogen-bond acceptors (Lipinski definition) is 3. The number of hydrogen-bond donors (Lipinski definition) is 1. The van der Waals surface area contributed by atoms with E-state index in [1.54, 1.807) is 7.11 Å². The summed E-state index contributed by atoms with van der Waals surface area (Å²) in [5.41, 5.74) is 0. The van der Waals surface area contributed by atoms with Crippen LogP contribution in [-0.4, -0.2) is 37.0 Å². The van der Waals surface area contributed by atoms with E-state index in [0.29, 0.717) is 16.8 Å². The van der Waals surface area contributed by atoms with Gasteiger partial charge in [-0.15, -0.1) is 0 Å². The summed E-state index contributed by atoms with van der Waals surface area (Å²) in [5.74, 6) is 1.53. The fourth-order valence-electron chi connectivity index (χ4n) is 2.57. The molecule has 1 aliphatic heterocycles. The zero-order valence-electron chi connectivity index (χ0n) is 8.99. The highest BCUT2D eigenvalue weighted by Crippen LogP contribution is 2.36. The van der Waals surface area contributed by atoms with E-state index in [9.17, 15) is 0 Å². The Morgan fingerprint density at radius 1 is 1.53 bits per heavy atom. The minimum atomic E-state index is 0.400. The molecule has 1 fully saturated rings. The van der Waals surface area contributed by atoms with Crippen LogP contribution in [0.2, 0.25) is 0 Å². The lowest BCUT2D eigenvalue weighted by molar-refractivity contribution is -0.0402. The minimum Gasteiger partial charge on any atom is -0.359 e. The molecule has 15 heavy (non-hydrogen) atoms. The van der Waals surface area contributed by atoms with Gasteiger partial charge in [0.1, 0.15) is 6.79 Å². The third kappa shape index (κ3) is 2.72. The molecule has 0 spiro atoms. The molecule has 0 amide bonds. The topological polar surface area (TPSA) is 30.5 Å². The monoisotopic (exact) mass is 323 g/mol. The summed E-state index contributed by atoms with van der Waals surface area (Å²) >= 11 is 2.54. The van der Waals surface area contributed by atoms with Crippen LogP contribution in [0.5, 0.6) is 0 Å². The summed E-state index contributed by atoms with van der Waals surface area (Å²) in [4.78, 5) is 0. The predicted molar refractivity (Wildman–Crippen MR) is 68.2 cm³/mol. The lowest BCUT2D eigenvalue weighted by Crippen LogP contribution is -2.37. The first kappa shape index (κ1) is 11.8. The molecule has 4 heteroatoms. The van der Waals surface area contributed by atoms with Gasteiger partial charge >= 0.3 is 0 Å². The number of fused-ring (bicyclic) bond motifs is 1. The summed E-state index contributed by atoms with van der Waals surface area (Å²) in [6.45, 7) is 2.30. The van der Waals surface area contributed by atoms with Crippen molar-refractivity contribution < 1.29 is 9.47 Å². The average molecular weight is 323 g/mol. The molecular formula is C11H18INO2. The maximum atomic E-state index is 5.45.